The van der Waals surface area contributed by atoms with Crippen LogP contribution in [0.2, 0.25) is 0 Å². The number of halogens is 2. The Bertz CT molecular complexity index is 1360. The van der Waals surface area contributed by atoms with Gasteiger partial charge in [-0.3, -0.25) is 9.69 Å². The van der Waals surface area contributed by atoms with E-state index in [0.717, 1.165) is 11.1 Å². The van der Waals surface area contributed by atoms with Gasteiger partial charge in [-0.15, -0.1) is 0 Å². The topological polar surface area (TPSA) is 82.2 Å². The predicted molar refractivity (Wildman–Crippen MR) is 149 cm³/mol. The monoisotopic (exact) mass is 572 g/mol. The third-order valence-corrected chi connectivity index (χ3v) is 8.37. The van der Waals surface area contributed by atoms with Gasteiger partial charge in [-0.05, 0) is 67.7 Å². The Morgan fingerprint density at radius 2 is 1.48 bits per heavy atom. The largest absolute Gasteiger partial charge is 0.495 e. The van der Waals surface area contributed by atoms with E-state index in [1.807, 2.05) is 19.0 Å². The summed E-state index contributed by atoms with van der Waals surface area (Å²) in [4.78, 5) is 19.1. The van der Waals surface area contributed by atoms with Crippen molar-refractivity contribution in [2.75, 3.05) is 60.5 Å². The Kier molecular flexibility index (Phi) is 9.52. The molecule has 1 aliphatic rings. The number of amides is 1. The van der Waals surface area contributed by atoms with Crippen molar-refractivity contribution in [3.63, 3.8) is 0 Å². The van der Waals surface area contributed by atoms with E-state index in [1.54, 1.807) is 35.2 Å². The maximum absolute atomic E-state index is 13.6. The lowest BCUT2D eigenvalue weighted by atomic mass is 9.96. The average molecular weight is 573 g/mol. The van der Waals surface area contributed by atoms with E-state index in [4.69, 9.17) is 4.74 Å². The SMILES string of the molecule is COc1ccc(C(=O)N2CCN(C(c3ccc(F)cc3)c3ccc(F)cc3)CC2)cc1S(=O)(=O)NCCN(C)C. The molecule has 0 atom stereocenters. The van der Waals surface area contributed by atoms with Crippen LogP contribution in [0.1, 0.15) is 27.5 Å². The molecule has 1 saturated heterocycles. The van der Waals surface area contributed by atoms with Gasteiger partial charge in [0.2, 0.25) is 10.0 Å². The number of nitrogens with zero attached hydrogens (tertiary/aromatic N) is 3. The number of hydrogen-bond acceptors (Lipinski definition) is 6. The number of ether oxygens (including phenoxy) is 1. The first-order valence-corrected chi connectivity index (χ1v) is 14.4. The fraction of sp³-hybridized carbons (Fsp3) is 0.345. The molecule has 0 spiro atoms. The number of nitrogens with one attached hydrogen (secondary N) is 1. The van der Waals surface area contributed by atoms with Gasteiger partial charge in [-0.1, -0.05) is 24.3 Å². The van der Waals surface area contributed by atoms with Gasteiger partial charge in [0.05, 0.1) is 13.2 Å². The lowest BCUT2D eigenvalue weighted by molar-refractivity contribution is 0.0597. The third kappa shape index (κ3) is 7.03. The first kappa shape index (κ1) is 29.6. The normalized spacial score (nSPS) is 14.6. The summed E-state index contributed by atoms with van der Waals surface area (Å²) in [6.45, 7) is 2.54. The molecule has 11 heteroatoms. The molecule has 4 rings (SSSR count). The fourth-order valence-corrected chi connectivity index (χ4v) is 5.98. The molecule has 0 radical (unpaired) electrons. The first-order valence-electron chi connectivity index (χ1n) is 13.0. The molecule has 0 bridgehead atoms. The summed E-state index contributed by atoms with van der Waals surface area (Å²) < 4.78 is 61.1. The van der Waals surface area contributed by atoms with Gasteiger partial charge in [0.25, 0.3) is 5.91 Å². The second kappa shape index (κ2) is 12.9. The van der Waals surface area contributed by atoms with Crippen molar-refractivity contribution >= 4 is 15.9 Å². The summed E-state index contributed by atoms with van der Waals surface area (Å²) in [6.07, 6.45) is 0. The molecule has 8 nitrogen and oxygen atoms in total. The van der Waals surface area contributed by atoms with Gasteiger partial charge in [-0.25, -0.2) is 21.9 Å². The molecule has 40 heavy (non-hydrogen) atoms. The Morgan fingerprint density at radius 1 is 0.925 bits per heavy atom. The van der Waals surface area contributed by atoms with Gasteiger partial charge in [0, 0.05) is 44.8 Å². The van der Waals surface area contributed by atoms with Crippen molar-refractivity contribution in [3.8, 4) is 5.75 Å². The van der Waals surface area contributed by atoms with Crippen LogP contribution in [-0.4, -0.2) is 89.5 Å². The summed E-state index contributed by atoms with van der Waals surface area (Å²) in [6, 6.07) is 16.6. The molecule has 1 N–H and O–H groups in total. The molecule has 0 saturated carbocycles. The summed E-state index contributed by atoms with van der Waals surface area (Å²) in [7, 11) is 1.16. The van der Waals surface area contributed by atoms with Crippen molar-refractivity contribution in [3.05, 3.63) is 95.1 Å². The highest BCUT2D eigenvalue weighted by atomic mass is 32.2. The molecule has 0 aromatic heterocycles. The summed E-state index contributed by atoms with van der Waals surface area (Å²) in [5.74, 6) is -0.816. The number of hydrogen-bond donors (Lipinski definition) is 1. The highest BCUT2D eigenvalue weighted by molar-refractivity contribution is 7.89. The van der Waals surface area contributed by atoms with E-state index in [2.05, 4.69) is 9.62 Å². The van der Waals surface area contributed by atoms with Crippen LogP contribution in [-0.2, 0) is 10.0 Å². The Labute approximate surface area is 234 Å². The lowest BCUT2D eigenvalue weighted by Crippen LogP contribution is -2.49. The van der Waals surface area contributed by atoms with Crippen LogP contribution in [0.15, 0.2) is 71.6 Å². The average Bonchev–Trinajstić information content (AvgIpc) is 2.94. The lowest BCUT2D eigenvalue weighted by Gasteiger charge is -2.40. The van der Waals surface area contributed by atoms with E-state index in [1.165, 1.54) is 43.5 Å². The van der Waals surface area contributed by atoms with Crippen LogP contribution < -0.4 is 9.46 Å². The van der Waals surface area contributed by atoms with Gasteiger partial charge < -0.3 is 14.5 Å². The quantitative estimate of drug-likeness (QED) is 0.401. The van der Waals surface area contributed by atoms with Crippen LogP contribution in [0.4, 0.5) is 8.78 Å². The van der Waals surface area contributed by atoms with E-state index in [0.29, 0.717) is 32.7 Å². The molecule has 0 aliphatic carbocycles. The maximum Gasteiger partial charge on any atom is 0.253 e. The van der Waals surface area contributed by atoms with Crippen LogP contribution >= 0.6 is 0 Å². The molecule has 1 heterocycles. The molecule has 3 aromatic carbocycles. The van der Waals surface area contributed by atoms with Gasteiger partial charge in [-0.2, -0.15) is 0 Å². The molecule has 0 unspecified atom stereocenters. The molecular weight excluding hydrogens is 538 g/mol. The molecule has 214 valence electrons. The van der Waals surface area contributed by atoms with Crippen molar-refractivity contribution in [1.29, 1.82) is 0 Å². The minimum Gasteiger partial charge on any atom is -0.495 e. The van der Waals surface area contributed by atoms with Crippen LogP contribution in [0.25, 0.3) is 0 Å². The molecular formula is C29H34F2N4O4S. The standard InChI is InChI=1S/C29H34F2N4O4S/c1-33(2)15-14-32-40(37,38)27-20-23(8-13-26(27)39-3)29(36)35-18-16-34(17-19-35)28(21-4-9-24(30)10-5-21)22-6-11-25(31)12-7-22/h4-13,20,28,32H,14-19H2,1-3H3. The zero-order chi connectivity index (χ0) is 28.9. The maximum atomic E-state index is 13.6. The summed E-state index contributed by atoms with van der Waals surface area (Å²) in [5, 5.41) is 0. The van der Waals surface area contributed by atoms with E-state index in [9.17, 15) is 22.0 Å². The Hall–Kier alpha value is -3.38. The minimum atomic E-state index is -3.91. The summed E-state index contributed by atoms with van der Waals surface area (Å²) >= 11 is 0. The van der Waals surface area contributed by atoms with E-state index >= 15 is 0 Å². The third-order valence-electron chi connectivity index (χ3n) is 6.89. The second-order valence-electron chi connectivity index (χ2n) is 9.90. The van der Waals surface area contributed by atoms with Gasteiger partial charge >= 0.3 is 0 Å². The zero-order valence-corrected chi connectivity index (χ0v) is 23.6. The molecule has 1 amide bonds. The van der Waals surface area contributed by atoms with Gasteiger partial charge in [0.15, 0.2) is 0 Å². The van der Waals surface area contributed by atoms with Crippen molar-refractivity contribution < 1.29 is 26.7 Å². The summed E-state index contributed by atoms with van der Waals surface area (Å²) in [5.41, 5.74) is 1.97. The number of sulfonamides is 1. The van der Waals surface area contributed by atoms with Crippen molar-refractivity contribution in [2.45, 2.75) is 10.9 Å². The van der Waals surface area contributed by atoms with Crippen LogP contribution in [0.3, 0.4) is 0 Å². The highest BCUT2D eigenvalue weighted by Crippen LogP contribution is 2.31. The highest BCUT2D eigenvalue weighted by Gasteiger charge is 2.30. The van der Waals surface area contributed by atoms with Crippen LogP contribution in [0, 0.1) is 11.6 Å². The van der Waals surface area contributed by atoms with Gasteiger partial charge in [0.1, 0.15) is 22.3 Å². The number of carbonyl (C=O) groups is 1. The first-order chi connectivity index (χ1) is 19.1. The fourth-order valence-electron chi connectivity index (χ4n) is 4.77. The zero-order valence-electron chi connectivity index (χ0n) is 22.8. The minimum absolute atomic E-state index is 0.0917. The molecule has 1 fully saturated rings. The number of piperazine rings is 1. The predicted octanol–water partition coefficient (Wildman–Crippen LogP) is 3.36. The smallest absolute Gasteiger partial charge is 0.253 e. The molecule has 3 aromatic rings. The van der Waals surface area contributed by atoms with E-state index in [-0.39, 0.29) is 46.3 Å². The number of carbonyl (C=O) groups excluding carboxylic acids is 1. The number of benzene rings is 3. The van der Waals surface area contributed by atoms with E-state index < -0.39 is 10.0 Å². The Morgan fingerprint density at radius 3 is 1.98 bits per heavy atom. The van der Waals surface area contributed by atoms with Crippen molar-refractivity contribution in [2.24, 2.45) is 0 Å². The second-order valence-corrected chi connectivity index (χ2v) is 11.6. The van der Waals surface area contributed by atoms with Crippen molar-refractivity contribution in [1.82, 2.24) is 19.4 Å². The Balaban J connectivity index is 1.51. The number of rotatable bonds is 10. The number of likely N-dealkylation sites (N-methyl/N-ethyl adjacent to an activating group) is 1. The molecule has 1 aliphatic heterocycles. The van der Waals surface area contributed by atoms with Crippen LogP contribution in [0.5, 0.6) is 5.75 Å². The number of methoxy groups -OCH3 is 1.